The van der Waals surface area contributed by atoms with Crippen molar-refractivity contribution >= 4 is 8.80 Å². The summed E-state index contributed by atoms with van der Waals surface area (Å²) in [5, 5.41) is 0. The predicted molar refractivity (Wildman–Crippen MR) is 67.4 cm³/mol. The second kappa shape index (κ2) is 5.62. The third-order valence-corrected chi connectivity index (χ3v) is 6.67. The molecule has 3 nitrogen and oxygen atoms in total. The minimum atomic E-state index is -2.47. The molecule has 1 unspecified atom stereocenters. The molecular weight excluding hydrogens is 220 g/mol. The number of hydrogen-bond acceptors (Lipinski definition) is 3. The molecule has 0 bridgehead atoms. The molecule has 1 atom stereocenters. The maximum absolute atomic E-state index is 6.19. The molecule has 4 heteroatoms. The Hall–Kier alpha value is 0.0969. The first-order chi connectivity index (χ1) is 7.43. The van der Waals surface area contributed by atoms with Gasteiger partial charge in [0.2, 0.25) is 0 Å². The van der Waals surface area contributed by atoms with Gasteiger partial charge < -0.3 is 13.3 Å². The van der Waals surface area contributed by atoms with Crippen LogP contribution in [-0.2, 0) is 13.3 Å². The van der Waals surface area contributed by atoms with Gasteiger partial charge in [0.05, 0.1) is 5.60 Å². The molecular formula is C12H26O3Si. The highest BCUT2D eigenvalue weighted by Crippen LogP contribution is 2.41. The molecule has 0 radical (unpaired) electrons. The van der Waals surface area contributed by atoms with Gasteiger partial charge in [0.15, 0.2) is 0 Å². The number of hydrogen-bond donors (Lipinski definition) is 0. The van der Waals surface area contributed by atoms with Gasteiger partial charge in [-0.2, -0.15) is 0 Å². The molecule has 0 amide bonds. The van der Waals surface area contributed by atoms with Gasteiger partial charge in [0.25, 0.3) is 0 Å². The smallest absolute Gasteiger partial charge is 0.377 e. The molecule has 0 aromatic rings. The SMILES string of the molecule is CCO[Si](OC)(OC(C)(C)C)C1CCCC1. The largest absolute Gasteiger partial charge is 0.504 e. The van der Waals surface area contributed by atoms with Crippen LogP contribution < -0.4 is 0 Å². The highest BCUT2D eigenvalue weighted by Gasteiger charge is 2.51. The Morgan fingerprint density at radius 3 is 2.12 bits per heavy atom. The van der Waals surface area contributed by atoms with Crippen LogP contribution in [0.2, 0.25) is 5.54 Å². The standard InChI is InChI=1S/C12H26O3Si/c1-6-14-16(13-5,15-12(2,3)4)11-9-7-8-10-11/h11H,6-10H2,1-5H3. The Balaban J connectivity index is 2.80. The fraction of sp³-hybridized carbons (Fsp3) is 1.00. The lowest BCUT2D eigenvalue weighted by Gasteiger charge is -2.38. The third-order valence-electron chi connectivity index (χ3n) is 2.93. The summed E-state index contributed by atoms with van der Waals surface area (Å²) in [6.07, 6.45) is 4.94. The minimum absolute atomic E-state index is 0.194. The van der Waals surface area contributed by atoms with Crippen molar-refractivity contribution in [2.75, 3.05) is 13.7 Å². The van der Waals surface area contributed by atoms with Crippen LogP contribution in [0.4, 0.5) is 0 Å². The highest BCUT2D eigenvalue weighted by molar-refractivity contribution is 6.62. The summed E-state index contributed by atoms with van der Waals surface area (Å²) < 4.78 is 17.9. The van der Waals surface area contributed by atoms with E-state index >= 15 is 0 Å². The Bertz CT molecular complexity index is 209. The maximum atomic E-state index is 6.19. The van der Waals surface area contributed by atoms with Crippen LogP contribution in [0.3, 0.4) is 0 Å². The van der Waals surface area contributed by atoms with E-state index in [1.807, 2.05) is 6.92 Å². The zero-order valence-electron chi connectivity index (χ0n) is 11.3. The molecule has 1 fully saturated rings. The molecule has 1 rings (SSSR count). The molecule has 16 heavy (non-hydrogen) atoms. The summed E-state index contributed by atoms with van der Waals surface area (Å²) >= 11 is 0. The zero-order valence-corrected chi connectivity index (χ0v) is 12.3. The van der Waals surface area contributed by atoms with Gasteiger partial charge in [0, 0.05) is 19.3 Å². The fourth-order valence-electron chi connectivity index (χ4n) is 2.41. The second-order valence-electron chi connectivity index (χ2n) is 5.44. The first kappa shape index (κ1) is 14.2. The van der Waals surface area contributed by atoms with Crippen LogP contribution in [0.5, 0.6) is 0 Å². The summed E-state index contributed by atoms with van der Waals surface area (Å²) in [7, 11) is -0.730. The minimum Gasteiger partial charge on any atom is -0.377 e. The Morgan fingerprint density at radius 2 is 1.75 bits per heavy atom. The summed E-state index contributed by atoms with van der Waals surface area (Å²) in [4.78, 5) is 0. The van der Waals surface area contributed by atoms with Crippen molar-refractivity contribution < 1.29 is 13.3 Å². The monoisotopic (exact) mass is 246 g/mol. The average molecular weight is 246 g/mol. The summed E-state index contributed by atoms with van der Waals surface area (Å²) in [5.41, 5.74) is 0.302. The molecule has 1 saturated carbocycles. The molecule has 0 saturated heterocycles. The Morgan fingerprint density at radius 1 is 1.19 bits per heavy atom. The zero-order chi connectivity index (χ0) is 12.2. The predicted octanol–water partition coefficient (Wildman–Crippen LogP) is 3.37. The second-order valence-corrected chi connectivity index (χ2v) is 8.36. The summed E-state index contributed by atoms with van der Waals surface area (Å²) in [5.74, 6) is 0. The summed E-state index contributed by atoms with van der Waals surface area (Å²) in [6, 6.07) is 0. The van der Waals surface area contributed by atoms with Crippen LogP contribution in [0, 0.1) is 0 Å². The lowest BCUT2D eigenvalue weighted by Crippen LogP contribution is -2.53. The van der Waals surface area contributed by atoms with E-state index in [-0.39, 0.29) is 5.60 Å². The van der Waals surface area contributed by atoms with E-state index in [0.717, 1.165) is 0 Å². The molecule has 0 heterocycles. The van der Waals surface area contributed by atoms with Crippen molar-refractivity contribution in [3.63, 3.8) is 0 Å². The average Bonchev–Trinajstić information content (AvgIpc) is 2.68. The van der Waals surface area contributed by atoms with Crippen molar-refractivity contribution in [1.82, 2.24) is 0 Å². The van der Waals surface area contributed by atoms with Crippen molar-refractivity contribution in [1.29, 1.82) is 0 Å². The van der Waals surface area contributed by atoms with Gasteiger partial charge in [-0.25, -0.2) is 0 Å². The van der Waals surface area contributed by atoms with Crippen LogP contribution in [0.25, 0.3) is 0 Å². The molecule has 0 spiro atoms. The van der Waals surface area contributed by atoms with E-state index in [2.05, 4.69) is 20.8 Å². The van der Waals surface area contributed by atoms with Gasteiger partial charge in [-0.05, 0) is 40.5 Å². The normalized spacial score (nSPS) is 22.3. The van der Waals surface area contributed by atoms with E-state index in [1.165, 1.54) is 25.7 Å². The van der Waals surface area contributed by atoms with E-state index < -0.39 is 8.80 Å². The Labute approximate surface area is 101 Å². The molecule has 0 aromatic heterocycles. The van der Waals surface area contributed by atoms with Crippen molar-refractivity contribution in [2.45, 2.75) is 64.5 Å². The molecule has 0 aliphatic heterocycles. The van der Waals surface area contributed by atoms with Gasteiger partial charge in [-0.15, -0.1) is 0 Å². The van der Waals surface area contributed by atoms with Crippen LogP contribution in [0.15, 0.2) is 0 Å². The fourth-order valence-corrected chi connectivity index (χ4v) is 5.77. The van der Waals surface area contributed by atoms with Gasteiger partial charge in [-0.3, -0.25) is 0 Å². The van der Waals surface area contributed by atoms with Crippen molar-refractivity contribution in [3.05, 3.63) is 0 Å². The maximum Gasteiger partial charge on any atom is 0.504 e. The third kappa shape index (κ3) is 3.55. The Kier molecular flexibility index (Phi) is 4.98. The molecule has 0 N–H and O–H groups in total. The van der Waals surface area contributed by atoms with E-state index in [9.17, 15) is 0 Å². The molecule has 1 aliphatic carbocycles. The van der Waals surface area contributed by atoms with Crippen LogP contribution >= 0.6 is 0 Å². The molecule has 0 aromatic carbocycles. The highest BCUT2D eigenvalue weighted by atomic mass is 28.4. The molecule has 1 aliphatic rings. The first-order valence-electron chi connectivity index (χ1n) is 6.33. The van der Waals surface area contributed by atoms with E-state index in [4.69, 9.17) is 13.3 Å². The van der Waals surface area contributed by atoms with Crippen LogP contribution in [0.1, 0.15) is 53.4 Å². The lowest BCUT2D eigenvalue weighted by molar-refractivity contribution is 0.000693. The van der Waals surface area contributed by atoms with E-state index in [0.29, 0.717) is 12.1 Å². The quantitative estimate of drug-likeness (QED) is 0.696. The first-order valence-corrected chi connectivity index (χ1v) is 8.13. The lowest BCUT2D eigenvalue weighted by atomic mass is 10.2. The van der Waals surface area contributed by atoms with E-state index in [1.54, 1.807) is 7.11 Å². The summed E-state index contributed by atoms with van der Waals surface area (Å²) in [6.45, 7) is 8.90. The topological polar surface area (TPSA) is 27.7 Å². The van der Waals surface area contributed by atoms with Gasteiger partial charge in [-0.1, -0.05) is 12.8 Å². The van der Waals surface area contributed by atoms with Gasteiger partial charge in [0.1, 0.15) is 0 Å². The number of rotatable bonds is 5. The van der Waals surface area contributed by atoms with Crippen molar-refractivity contribution in [3.8, 4) is 0 Å². The van der Waals surface area contributed by atoms with Crippen molar-refractivity contribution in [2.24, 2.45) is 0 Å². The van der Waals surface area contributed by atoms with Gasteiger partial charge >= 0.3 is 8.80 Å². The van der Waals surface area contributed by atoms with Crippen LogP contribution in [-0.4, -0.2) is 28.1 Å². The molecule has 96 valence electrons.